The summed E-state index contributed by atoms with van der Waals surface area (Å²) < 4.78 is 0. The van der Waals surface area contributed by atoms with Crippen LogP contribution < -0.4 is 10.6 Å². The fourth-order valence-electron chi connectivity index (χ4n) is 3.63. The van der Waals surface area contributed by atoms with Crippen LogP contribution in [0.1, 0.15) is 104 Å². The Morgan fingerprint density at radius 2 is 1.69 bits per heavy atom. The zero-order valence-electron chi connectivity index (χ0n) is 22.9. The van der Waals surface area contributed by atoms with E-state index < -0.39 is 0 Å². The van der Waals surface area contributed by atoms with Gasteiger partial charge in [-0.05, 0) is 86.4 Å². The molecule has 0 spiro atoms. The molecule has 0 aliphatic carbocycles. The van der Waals surface area contributed by atoms with Gasteiger partial charge in [-0.2, -0.15) is 0 Å². The Labute approximate surface area is 201 Å². The van der Waals surface area contributed by atoms with E-state index in [-0.39, 0.29) is 0 Å². The lowest BCUT2D eigenvalue weighted by molar-refractivity contribution is 0.119. The van der Waals surface area contributed by atoms with Crippen molar-refractivity contribution in [2.45, 2.75) is 118 Å². The molecule has 3 atom stereocenters. The molecule has 1 aliphatic heterocycles. The molecule has 1 fully saturated rings. The molecule has 0 amide bonds. The first-order valence-electron chi connectivity index (χ1n) is 13.0. The first-order valence-corrected chi connectivity index (χ1v) is 13.0. The minimum absolute atomic E-state index is 0.333. The number of hydrogen-bond acceptors (Lipinski definition) is 3. The number of rotatable bonds is 9. The summed E-state index contributed by atoms with van der Waals surface area (Å²) in [5, 5.41) is 6.71. The first-order chi connectivity index (χ1) is 15.1. The maximum atomic E-state index is 3.78. The molecule has 0 bridgehead atoms. The lowest BCUT2D eigenvalue weighted by Crippen LogP contribution is -2.43. The van der Waals surface area contributed by atoms with Crippen molar-refractivity contribution in [2.75, 3.05) is 20.1 Å². The van der Waals surface area contributed by atoms with Crippen LogP contribution in [0.3, 0.4) is 0 Å². The van der Waals surface area contributed by atoms with E-state index in [1.54, 1.807) is 0 Å². The van der Waals surface area contributed by atoms with Crippen LogP contribution in [0.2, 0.25) is 0 Å². The lowest BCUT2D eigenvalue weighted by Gasteiger charge is -2.38. The number of nitrogens with zero attached hydrogens (tertiary/aromatic N) is 1. The molecule has 3 unspecified atom stereocenters. The molecule has 2 rings (SSSR count). The SMILES string of the molecule is C=CCN1C(C)CCCC1C.CCC(C)(C)NC.CCCCNC(C)c1ccc(C)cc1. The summed E-state index contributed by atoms with van der Waals surface area (Å²) in [5.74, 6) is 0. The third-order valence-electron chi connectivity index (χ3n) is 6.83. The van der Waals surface area contributed by atoms with E-state index >= 15 is 0 Å². The number of hydrogen-bond donors (Lipinski definition) is 2. The van der Waals surface area contributed by atoms with Crippen LogP contribution in [0.4, 0.5) is 0 Å². The summed E-state index contributed by atoms with van der Waals surface area (Å²) in [6.45, 7) is 23.7. The number of unbranched alkanes of at least 4 members (excludes halogenated alkanes) is 1. The summed E-state index contributed by atoms with van der Waals surface area (Å²) >= 11 is 0. The highest BCUT2D eigenvalue weighted by molar-refractivity contribution is 5.23. The molecule has 3 nitrogen and oxygen atoms in total. The van der Waals surface area contributed by atoms with Gasteiger partial charge in [-0.25, -0.2) is 0 Å². The van der Waals surface area contributed by atoms with Crippen molar-refractivity contribution in [1.82, 2.24) is 15.5 Å². The molecule has 0 aromatic heterocycles. The number of aryl methyl sites for hydroxylation is 1. The third-order valence-corrected chi connectivity index (χ3v) is 6.83. The largest absolute Gasteiger partial charge is 0.315 e. The van der Waals surface area contributed by atoms with E-state index in [4.69, 9.17) is 0 Å². The molecule has 0 radical (unpaired) electrons. The molecular weight excluding hydrogens is 390 g/mol. The fraction of sp³-hybridized carbons (Fsp3) is 0.724. The fourth-order valence-corrected chi connectivity index (χ4v) is 3.63. The van der Waals surface area contributed by atoms with Crippen LogP contribution in [-0.4, -0.2) is 42.7 Å². The number of benzene rings is 1. The van der Waals surface area contributed by atoms with Crippen molar-refractivity contribution in [3.63, 3.8) is 0 Å². The monoisotopic (exact) mass is 445 g/mol. The van der Waals surface area contributed by atoms with Gasteiger partial charge in [0, 0.05) is 30.2 Å². The normalized spacial score (nSPS) is 19.8. The van der Waals surface area contributed by atoms with Crippen LogP contribution in [0.5, 0.6) is 0 Å². The van der Waals surface area contributed by atoms with Gasteiger partial charge in [-0.3, -0.25) is 4.90 Å². The van der Waals surface area contributed by atoms with Crippen LogP contribution in [-0.2, 0) is 0 Å². The van der Waals surface area contributed by atoms with Crippen molar-refractivity contribution in [3.05, 3.63) is 48.0 Å². The second kappa shape index (κ2) is 17.3. The number of piperidine rings is 1. The molecule has 1 aromatic carbocycles. The molecule has 1 aliphatic rings. The van der Waals surface area contributed by atoms with E-state index in [0.717, 1.165) is 25.2 Å². The Hall–Kier alpha value is -1.16. The molecule has 3 heteroatoms. The molecule has 0 saturated carbocycles. The van der Waals surface area contributed by atoms with Crippen molar-refractivity contribution in [2.24, 2.45) is 0 Å². The molecule has 1 aromatic rings. The van der Waals surface area contributed by atoms with Crippen molar-refractivity contribution < 1.29 is 0 Å². The third kappa shape index (κ3) is 13.4. The Balaban J connectivity index is 0.000000478. The summed E-state index contributed by atoms with van der Waals surface area (Å²) in [6.07, 6.45) is 9.83. The van der Waals surface area contributed by atoms with Crippen LogP contribution in [0.15, 0.2) is 36.9 Å². The number of likely N-dealkylation sites (tertiary alicyclic amines) is 1. The Morgan fingerprint density at radius 1 is 1.12 bits per heavy atom. The van der Waals surface area contributed by atoms with Crippen molar-refractivity contribution >= 4 is 0 Å². The second-order valence-electron chi connectivity index (χ2n) is 10.0. The van der Waals surface area contributed by atoms with Gasteiger partial charge in [0.15, 0.2) is 0 Å². The molecule has 1 heterocycles. The van der Waals surface area contributed by atoms with Crippen molar-refractivity contribution in [1.29, 1.82) is 0 Å². The molecule has 2 N–H and O–H groups in total. The highest BCUT2D eigenvalue weighted by Crippen LogP contribution is 2.21. The summed E-state index contributed by atoms with van der Waals surface area (Å²) in [6, 6.07) is 10.8. The maximum Gasteiger partial charge on any atom is 0.0291 e. The zero-order valence-corrected chi connectivity index (χ0v) is 22.9. The minimum Gasteiger partial charge on any atom is -0.315 e. The molecular formula is C29H55N3. The van der Waals surface area contributed by atoms with Gasteiger partial charge in [-0.15, -0.1) is 6.58 Å². The van der Waals surface area contributed by atoms with Gasteiger partial charge in [0.2, 0.25) is 0 Å². The average Bonchev–Trinajstić information content (AvgIpc) is 2.78. The standard InChI is InChI=1S/C13H21N.C10H19N.C6H15N/c1-4-5-10-14-12(3)13-8-6-11(2)7-9-13;1-4-8-11-9(2)6-5-7-10(11)3;1-5-6(2,3)7-4/h6-9,12,14H,4-5,10H2,1-3H3;4,9-10H,1,5-8H2,2-3H3;7H,5H2,1-4H3. The number of nitrogens with one attached hydrogen (secondary N) is 2. The zero-order chi connectivity index (χ0) is 24.6. The Morgan fingerprint density at radius 3 is 2.09 bits per heavy atom. The van der Waals surface area contributed by atoms with Gasteiger partial charge in [-0.1, -0.05) is 62.6 Å². The van der Waals surface area contributed by atoms with E-state index in [2.05, 4.69) is 102 Å². The topological polar surface area (TPSA) is 27.3 Å². The minimum atomic E-state index is 0.333. The van der Waals surface area contributed by atoms with E-state index in [1.165, 1.54) is 49.7 Å². The van der Waals surface area contributed by atoms with E-state index in [1.807, 2.05) is 13.1 Å². The Bertz CT molecular complexity index is 563. The van der Waals surface area contributed by atoms with Crippen LogP contribution >= 0.6 is 0 Å². The van der Waals surface area contributed by atoms with Crippen LogP contribution in [0, 0.1) is 6.92 Å². The molecule has 186 valence electrons. The quantitative estimate of drug-likeness (QED) is 0.309. The van der Waals surface area contributed by atoms with Gasteiger partial charge < -0.3 is 10.6 Å². The predicted molar refractivity (Wildman–Crippen MR) is 146 cm³/mol. The van der Waals surface area contributed by atoms with Gasteiger partial charge in [0.05, 0.1) is 0 Å². The maximum absolute atomic E-state index is 3.78. The van der Waals surface area contributed by atoms with Gasteiger partial charge in [0.1, 0.15) is 0 Å². The predicted octanol–water partition coefficient (Wildman–Crippen LogP) is 7.28. The van der Waals surface area contributed by atoms with E-state index in [9.17, 15) is 0 Å². The summed E-state index contributed by atoms with van der Waals surface area (Å²) in [4.78, 5) is 2.54. The average molecular weight is 446 g/mol. The molecule has 32 heavy (non-hydrogen) atoms. The highest BCUT2D eigenvalue weighted by Gasteiger charge is 2.22. The second-order valence-corrected chi connectivity index (χ2v) is 10.0. The first kappa shape index (κ1) is 30.8. The highest BCUT2D eigenvalue weighted by atomic mass is 15.2. The lowest BCUT2D eigenvalue weighted by atomic mass is 9.98. The Kier molecular flexibility index (Phi) is 16.7. The summed E-state index contributed by atoms with van der Waals surface area (Å²) in [7, 11) is 1.99. The van der Waals surface area contributed by atoms with Crippen molar-refractivity contribution in [3.8, 4) is 0 Å². The smallest absolute Gasteiger partial charge is 0.0291 e. The van der Waals surface area contributed by atoms with Gasteiger partial charge in [0.25, 0.3) is 0 Å². The molecule has 1 saturated heterocycles. The van der Waals surface area contributed by atoms with E-state index in [0.29, 0.717) is 11.6 Å². The summed E-state index contributed by atoms with van der Waals surface area (Å²) in [5.41, 5.74) is 3.04. The van der Waals surface area contributed by atoms with Gasteiger partial charge >= 0.3 is 0 Å². The van der Waals surface area contributed by atoms with Crippen LogP contribution in [0.25, 0.3) is 0 Å².